The molecule has 1 aromatic carbocycles. The third kappa shape index (κ3) is 5.08. The highest BCUT2D eigenvalue weighted by Crippen LogP contribution is 2.34. The minimum Gasteiger partial charge on any atom is -0.491 e. The molecule has 7 heteroatoms. The number of thiophene rings is 1. The summed E-state index contributed by atoms with van der Waals surface area (Å²) in [4.78, 5) is 30.2. The van der Waals surface area contributed by atoms with E-state index in [1.165, 1.54) is 21.9 Å². The SMILES string of the molecule is C=CCN(CC(=O)N1CCc2sccc2C1COc1cccc(F)c1)C(=O)C(C)C. The van der Waals surface area contributed by atoms with Crippen LogP contribution in [0.5, 0.6) is 5.75 Å². The summed E-state index contributed by atoms with van der Waals surface area (Å²) in [5.74, 6) is -0.352. The van der Waals surface area contributed by atoms with Gasteiger partial charge >= 0.3 is 0 Å². The van der Waals surface area contributed by atoms with Gasteiger partial charge in [0.05, 0.1) is 6.04 Å². The van der Waals surface area contributed by atoms with Crippen molar-refractivity contribution in [2.75, 3.05) is 26.2 Å². The molecule has 2 heterocycles. The van der Waals surface area contributed by atoms with Crippen molar-refractivity contribution >= 4 is 23.2 Å². The molecule has 1 aromatic heterocycles. The van der Waals surface area contributed by atoms with Crippen molar-refractivity contribution in [3.63, 3.8) is 0 Å². The van der Waals surface area contributed by atoms with Gasteiger partial charge in [-0.1, -0.05) is 26.0 Å². The quantitative estimate of drug-likeness (QED) is 0.594. The van der Waals surface area contributed by atoms with Crippen molar-refractivity contribution < 1.29 is 18.7 Å². The Morgan fingerprint density at radius 1 is 1.40 bits per heavy atom. The molecule has 0 N–H and O–H groups in total. The van der Waals surface area contributed by atoms with E-state index in [9.17, 15) is 14.0 Å². The highest BCUT2D eigenvalue weighted by atomic mass is 32.1. The number of hydrogen-bond donors (Lipinski definition) is 0. The Balaban J connectivity index is 1.78. The lowest BCUT2D eigenvalue weighted by Gasteiger charge is -2.37. The predicted octanol–water partition coefficient (Wildman–Crippen LogP) is 4.06. The Labute approximate surface area is 180 Å². The van der Waals surface area contributed by atoms with Crippen molar-refractivity contribution in [1.29, 1.82) is 0 Å². The maximum atomic E-state index is 13.5. The smallest absolute Gasteiger partial charge is 0.242 e. The monoisotopic (exact) mass is 430 g/mol. The molecule has 0 radical (unpaired) electrons. The summed E-state index contributed by atoms with van der Waals surface area (Å²) in [5, 5.41) is 2.01. The third-order valence-corrected chi connectivity index (χ3v) is 6.10. The second-order valence-corrected chi connectivity index (χ2v) is 8.58. The van der Waals surface area contributed by atoms with Crippen molar-refractivity contribution in [1.82, 2.24) is 9.80 Å². The van der Waals surface area contributed by atoms with Gasteiger partial charge in [-0.05, 0) is 35.6 Å². The number of carbonyl (C=O) groups excluding carboxylic acids is 2. The predicted molar refractivity (Wildman–Crippen MR) is 116 cm³/mol. The molecule has 5 nitrogen and oxygen atoms in total. The minimum atomic E-state index is -0.368. The van der Waals surface area contributed by atoms with Gasteiger partial charge in [-0.15, -0.1) is 17.9 Å². The van der Waals surface area contributed by atoms with Gasteiger partial charge in [0.2, 0.25) is 11.8 Å². The Hall–Kier alpha value is -2.67. The van der Waals surface area contributed by atoms with Gasteiger partial charge in [0.15, 0.2) is 0 Å². The summed E-state index contributed by atoms with van der Waals surface area (Å²) in [6.07, 6.45) is 2.40. The molecule has 0 saturated carbocycles. The Morgan fingerprint density at radius 3 is 2.90 bits per heavy atom. The lowest BCUT2D eigenvalue weighted by molar-refractivity contribution is -0.143. The van der Waals surface area contributed by atoms with Crippen molar-refractivity contribution in [2.24, 2.45) is 5.92 Å². The highest BCUT2D eigenvalue weighted by Gasteiger charge is 2.33. The average molecular weight is 431 g/mol. The van der Waals surface area contributed by atoms with Crippen LogP contribution in [0, 0.1) is 11.7 Å². The van der Waals surface area contributed by atoms with E-state index in [4.69, 9.17) is 4.74 Å². The van der Waals surface area contributed by atoms with E-state index >= 15 is 0 Å². The molecule has 160 valence electrons. The molecule has 0 spiro atoms. The summed E-state index contributed by atoms with van der Waals surface area (Å²) < 4.78 is 19.3. The van der Waals surface area contributed by atoms with E-state index in [2.05, 4.69) is 6.58 Å². The van der Waals surface area contributed by atoms with Crippen LogP contribution in [0.15, 0.2) is 48.4 Å². The van der Waals surface area contributed by atoms with Crippen LogP contribution in [0.1, 0.15) is 30.3 Å². The van der Waals surface area contributed by atoms with Crippen LogP contribution in [-0.2, 0) is 16.0 Å². The van der Waals surface area contributed by atoms with E-state index in [1.54, 1.807) is 34.4 Å². The number of nitrogens with zero attached hydrogens (tertiary/aromatic N) is 2. The molecule has 1 unspecified atom stereocenters. The fourth-order valence-corrected chi connectivity index (χ4v) is 4.54. The summed E-state index contributed by atoms with van der Waals surface area (Å²) in [6.45, 7) is 8.44. The van der Waals surface area contributed by atoms with Gasteiger partial charge in [0.25, 0.3) is 0 Å². The number of benzene rings is 1. The van der Waals surface area contributed by atoms with E-state index in [0.29, 0.717) is 18.8 Å². The molecule has 1 atom stereocenters. The van der Waals surface area contributed by atoms with Gasteiger partial charge in [0, 0.05) is 30.0 Å². The maximum absolute atomic E-state index is 13.5. The number of halogens is 1. The zero-order valence-electron chi connectivity index (χ0n) is 17.3. The van der Waals surface area contributed by atoms with Crippen molar-refractivity contribution in [2.45, 2.75) is 26.3 Å². The molecule has 2 aromatic rings. The molecule has 30 heavy (non-hydrogen) atoms. The van der Waals surface area contributed by atoms with Crippen LogP contribution >= 0.6 is 11.3 Å². The van der Waals surface area contributed by atoms with E-state index in [-0.39, 0.29) is 42.7 Å². The molecular weight excluding hydrogens is 403 g/mol. The van der Waals surface area contributed by atoms with Gasteiger partial charge in [0.1, 0.15) is 24.7 Å². The summed E-state index contributed by atoms with van der Waals surface area (Å²) in [5.41, 5.74) is 1.06. The largest absolute Gasteiger partial charge is 0.491 e. The van der Waals surface area contributed by atoms with Crippen LogP contribution in [0.2, 0.25) is 0 Å². The third-order valence-electron chi connectivity index (χ3n) is 5.10. The van der Waals surface area contributed by atoms with Crippen LogP contribution in [0.3, 0.4) is 0 Å². The minimum absolute atomic E-state index is 0.00102. The van der Waals surface area contributed by atoms with Crippen LogP contribution in [-0.4, -0.2) is 47.9 Å². The summed E-state index contributed by atoms with van der Waals surface area (Å²) >= 11 is 1.67. The lowest BCUT2D eigenvalue weighted by Crippen LogP contribution is -2.48. The number of ether oxygens (including phenoxy) is 1. The second-order valence-electron chi connectivity index (χ2n) is 7.58. The molecule has 0 bridgehead atoms. The van der Waals surface area contributed by atoms with Crippen LogP contribution in [0.25, 0.3) is 0 Å². The van der Waals surface area contributed by atoms with Gasteiger partial charge in [-0.2, -0.15) is 0 Å². The number of carbonyl (C=O) groups is 2. The maximum Gasteiger partial charge on any atom is 0.242 e. The number of fused-ring (bicyclic) bond motifs is 1. The zero-order chi connectivity index (χ0) is 21.7. The van der Waals surface area contributed by atoms with Crippen molar-refractivity contribution in [3.05, 3.63) is 64.6 Å². The Morgan fingerprint density at radius 2 is 2.20 bits per heavy atom. The number of hydrogen-bond acceptors (Lipinski definition) is 4. The van der Waals surface area contributed by atoms with Crippen LogP contribution < -0.4 is 4.74 Å². The number of amides is 2. The first kappa shape index (κ1) is 22.0. The van der Waals surface area contributed by atoms with Gasteiger partial charge < -0.3 is 14.5 Å². The summed E-state index contributed by atoms with van der Waals surface area (Å²) in [6, 6.07) is 7.71. The topological polar surface area (TPSA) is 49.9 Å². The fourth-order valence-electron chi connectivity index (χ4n) is 3.61. The van der Waals surface area contributed by atoms with Gasteiger partial charge in [-0.25, -0.2) is 4.39 Å². The average Bonchev–Trinajstić information content (AvgIpc) is 3.20. The van der Waals surface area contributed by atoms with Crippen LogP contribution in [0.4, 0.5) is 4.39 Å². The molecule has 1 aliphatic heterocycles. The normalized spacial score (nSPS) is 15.6. The lowest BCUT2D eigenvalue weighted by atomic mass is 10.0. The first-order valence-electron chi connectivity index (χ1n) is 10.0. The van der Waals surface area contributed by atoms with Crippen molar-refractivity contribution in [3.8, 4) is 5.75 Å². The van der Waals surface area contributed by atoms with E-state index in [0.717, 1.165) is 12.0 Å². The first-order valence-corrected chi connectivity index (χ1v) is 10.9. The Kier molecular flexibility index (Phi) is 7.26. The first-order chi connectivity index (χ1) is 14.4. The molecule has 1 aliphatic rings. The Bertz CT molecular complexity index is 911. The van der Waals surface area contributed by atoms with Gasteiger partial charge in [-0.3, -0.25) is 9.59 Å². The fraction of sp³-hybridized carbons (Fsp3) is 0.391. The molecule has 0 fully saturated rings. The summed E-state index contributed by atoms with van der Waals surface area (Å²) in [7, 11) is 0. The molecule has 3 rings (SSSR count). The standard InChI is InChI=1S/C23H27FN2O3S/c1-4-10-25(23(28)16(2)3)14-22(27)26-11-8-21-19(9-12-30-21)20(26)15-29-18-7-5-6-17(24)13-18/h4-7,9,12-13,16,20H,1,8,10-11,14-15H2,2-3H3. The van der Waals surface area contributed by atoms with E-state index in [1.807, 2.05) is 25.3 Å². The number of rotatable bonds is 8. The molecule has 2 amide bonds. The molecule has 0 aliphatic carbocycles. The molecular formula is C23H27FN2O3S. The zero-order valence-corrected chi connectivity index (χ0v) is 18.2. The second kappa shape index (κ2) is 9.89. The highest BCUT2D eigenvalue weighted by molar-refractivity contribution is 7.10. The van der Waals surface area contributed by atoms with E-state index < -0.39 is 0 Å². The molecule has 0 saturated heterocycles.